The van der Waals surface area contributed by atoms with Crippen molar-refractivity contribution in [2.24, 2.45) is 0 Å². The van der Waals surface area contributed by atoms with Crippen molar-refractivity contribution in [3.8, 4) is 5.75 Å². The Morgan fingerprint density at radius 3 is 2.61 bits per heavy atom. The third kappa shape index (κ3) is 4.03. The lowest BCUT2D eigenvalue weighted by Crippen LogP contribution is -2.28. The third-order valence-electron chi connectivity index (χ3n) is 2.42. The van der Waals surface area contributed by atoms with Crippen molar-refractivity contribution >= 4 is 27.8 Å². The number of benzene rings is 1. The molecule has 0 atom stereocenters. The van der Waals surface area contributed by atoms with Crippen molar-refractivity contribution in [3.05, 3.63) is 28.2 Å². The number of hydrogen-bond acceptors (Lipinski definition) is 3. The highest BCUT2D eigenvalue weighted by Gasteiger charge is 2.15. The van der Waals surface area contributed by atoms with Gasteiger partial charge in [0.05, 0.1) is 5.56 Å². The van der Waals surface area contributed by atoms with Crippen LogP contribution < -0.4 is 0 Å². The van der Waals surface area contributed by atoms with Crippen molar-refractivity contribution in [1.82, 2.24) is 4.90 Å². The van der Waals surface area contributed by atoms with Crippen molar-refractivity contribution in [2.75, 3.05) is 13.6 Å². The Balaban J connectivity index is 2.65. The third-order valence-corrected chi connectivity index (χ3v) is 2.91. The maximum Gasteiger partial charge on any atom is 0.303 e. The van der Waals surface area contributed by atoms with Gasteiger partial charge in [0.15, 0.2) is 0 Å². The molecule has 0 fully saturated rings. The fourth-order valence-corrected chi connectivity index (χ4v) is 1.81. The smallest absolute Gasteiger partial charge is 0.303 e. The van der Waals surface area contributed by atoms with E-state index in [0.717, 1.165) is 0 Å². The number of carboxylic acids is 1. The molecule has 0 aliphatic carbocycles. The Kier molecular flexibility index (Phi) is 5.15. The van der Waals surface area contributed by atoms with Gasteiger partial charge in [-0.15, -0.1) is 0 Å². The number of aromatic hydroxyl groups is 1. The summed E-state index contributed by atoms with van der Waals surface area (Å²) in [5.41, 5.74) is 0.205. The van der Waals surface area contributed by atoms with Crippen molar-refractivity contribution in [1.29, 1.82) is 0 Å². The van der Waals surface area contributed by atoms with Crippen molar-refractivity contribution in [2.45, 2.75) is 12.8 Å². The molecule has 1 aromatic rings. The summed E-state index contributed by atoms with van der Waals surface area (Å²) in [7, 11) is 1.58. The van der Waals surface area contributed by atoms with E-state index in [-0.39, 0.29) is 23.6 Å². The van der Waals surface area contributed by atoms with Crippen LogP contribution in [0.5, 0.6) is 5.75 Å². The molecule has 0 spiro atoms. The number of carbonyl (C=O) groups is 2. The molecule has 18 heavy (non-hydrogen) atoms. The first-order valence-corrected chi connectivity index (χ1v) is 6.17. The van der Waals surface area contributed by atoms with Crippen LogP contribution in [0.1, 0.15) is 23.2 Å². The first-order valence-electron chi connectivity index (χ1n) is 5.37. The van der Waals surface area contributed by atoms with E-state index in [9.17, 15) is 14.7 Å². The molecule has 5 nitrogen and oxygen atoms in total. The van der Waals surface area contributed by atoms with Gasteiger partial charge in [-0.3, -0.25) is 9.59 Å². The molecule has 0 bridgehead atoms. The Labute approximate surface area is 113 Å². The zero-order chi connectivity index (χ0) is 13.7. The van der Waals surface area contributed by atoms with E-state index in [0.29, 0.717) is 17.4 Å². The Morgan fingerprint density at radius 1 is 1.39 bits per heavy atom. The molecular formula is C12H14BrNO4. The van der Waals surface area contributed by atoms with Crippen LogP contribution in [0.4, 0.5) is 0 Å². The highest BCUT2D eigenvalue weighted by Crippen LogP contribution is 2.23. The molecule has 0 unspecified atom stereocenters. The van der Waals surface area contributed by atoms with E-state index in [1.165, 1.54) is 17.0 Å². The molecule has 98 valence electrons. The molecule has 0 aromatic heterocycles. The van der Waals surface area contributed by atoms with Gasteiger partial charge in [-0.05, 0) is 24.6 Å². The van der Waals surface area contributed by atoms with Crippen LogP contribution >= 0.6 is 15.9 Å². The minimum atomic E-state index is -0.887. The number of phenolic OH excluding ortho intramolecular Hbond substituents is 1. The molecule has 0 radical (unpaired) electrons. The lowest BCUT2D eigenvalue weighted by Gasteiger charge is -2.17. The maximum atomic E-state index is 12.0. The number of carboxylic acid groups (broad SMARTS) is 1. The van der Waals surface area contributed by atoms with E-state index in [1.807, 2.05) is 0 Å². The number of halogens is 1. The quantitative estimate of drug-likeness (QED) is 0.872. The van der Waals surface area contributed by atoms with Gasteiger partial charge in [-0.2, -0.15) is 0 Å². The number of nitrogens with zero attached hydrogens (tertiary/aromatic N) is 1. The Bertz CT molecular complexity index is 461. The summed E-state index contributed by atoms with van der Waals surface area (Å²) in [6.07, 6.45) is 0.402. The topological polar surface area (TPSA) is 77.8 Å². The summed E-state index contributed by atoms with van der Waals surface area (Å²) >= 11 is 3.19. The van der Waals surface area contributed by atoms with Gasteiger partial charge >= 0.3 is 5.97 Å². The molecule has 0 saturated carbocycles. The lowest BCUT2D eigenvalue weighted by atomic mass is 10.1. The molecule has 1 amide bonds. The van der Waals surface area contributed by atoms with Gasteiger partial charge in [-0.25, -0.2) is 0 Å². The lowest BCUT2D eigenvalue weighted by molar-refractivity contribution is -0.137. The summed E-state index contributed by atoms with van der Waals surface area (Å²) in [6, 6.07) is 4.63. The van der Waals surface area contributed by atoms with Gasteiger partial charge in [0.1, 0.15) is 5.75 Å². The standard InChI is InChI=1S/C12H14BrNO4/c1-14(6-2-3-11(16)17)12(18)9-5-4-8(13)7-10(9)15/h4-5,7,15H,2-3,6H2,1H3,(H,16,17). The maximum absolute atomic E-state index is 12.0. The summed E-state index contributed by atoms with van der Waals surface area (Å²) < 4.78 is 0.685. The van der Waals surface area contributed by atoms with Crippen LogP contribution in [0, 0.1) is 0 Å². The Hall–Kier alpha value is -1.56. The normalized spacial score (nSPS) is 10.1. The van der Waals surface area contributed by atoms with E-state index in [1.54, 1.807) is 13.1 Å². The minimum Gasteiger partial charge on any atom is -0.507 e. The first-order chi connectivity index (χ1) is 8.41. The Morgan fingerprint density at radius 2 is 2.06 bits per heavy atom. The average Bonchev–Trinajstić information content (AvgIpc) is 2.27. The SMILES string of the molecule is CN(CCCC(=O)O)C(=O)c1ccc(Br)cc1O. The molecule has 0 heterocycles. The van der Waals surface area contributed by atoms with Gasteiger partial charge in [-0.1, -0.05) is 15.9 Å². The molecule has 0 aliphatic rings. The van der Waals surface area contributed by atoms with E-state index in [4.69, 9.17) is 5.11 Å². The van der Waals surface area contributed by atoms with Crippen LogP contribution in [0.2, 0.25) is 0 Å². The molecular weight excluding hydrogens is 302 g/mol. The van der Waals surface area contributed by atoms with Crippen molar-refractivity contribution in [3.63, 3.8) is 0 Å². The minimum absolute atomic E-state index is 0.0178. The number of rotatable bonds is 5. The second-order valence-electron chi connectivity index (χ2n) is 3.89. The zero-order valence-electron chi connectivity index (χ0n) is 9.89. The van der Waals surface area contributed by atoms with Crippen LogP contribution in [-0.4, -0.2) is 40.6 Å². The fraction of sp³-hybridized carbons (Fsp3) is 0.333. The van der Waals surface area contributed by atoms with E-state index < -0.39 is 5.97 Å². The number of hydrogen-bond donors (Lipinski definition) is 2. The summed E-state index contributed by atoms with van der Waals surface area (Å²) in [6.45, 7) is 0.334. The van der Waals surface area contributed by atoms with Gasteiger partial charge in [0.2, 0.25) is 0 Å². The molecule has 1 aromatic carbocycles. The van der Waals surface area contributed by atoms with Gasteiger partial charge < -0.3 is 15.1 Å². The number of aliphatic carboxylic acids is 1. The zero-order valence-corrected chi connectivity index (χ0v) is 11.5. The second-order valence-corrected chi connectivity index (χ2v) is 4.80. The number of carbonyl (C=O) groups excluding carboxylic acids is 1. The molecule has 1 rings (SSSR count). The summed E-state index contributed by atoms with van der Waals surface area (Å²) in [5, 5.41) is 18.2. The fourth-order valence-electron chi connectivity index (χ4n) is 1.46. The van der Waals surface area contributed by atoms with Crippen LogP contribution in [0.15, 0.2) is 22.7 Å². The first kappa shape index (κ1) is 14.5. The largest absolute Gasteiger partial charge is 0.507 e. The summed E-state index contributed by atoms with van der Waals surface area (Å²) in [4.78, 5) is 23.7. The van der Waals surface area contributed by atoms with E-state index >= 15 is 0 Å². The van der Waals surface area contributed by atoms with E-state index in [2.05, 4.69) is 15.9 Å². The number of amides is 1. The molecule has 0 saturated heterocycles. The monoisotopic (exact) mass is 315 g/mol. The van der Waals surface area contributed by atoms with Crippen molar-refractivity contribution < 1.29 is 19.8 Å². The van der Waals surface area contributed by atoms with Gasteiger partial charge in [0, 0.05) is 24.5 Å². The average molecular weight is 316 g/mol. The predicted molar refractivity (Wildman–Crippen MR) is 69.6 cm³/mol. The molecule has 2 N–H and O–H groups in total. The van der Waals surface area contributed by atoms with Crippen LogP contribution in [-0.2, 0) is 4.79 Å². The van der Waals surface area contributed by atoms with Crippen LogP contribution in [0.3, 0.4) is 0 Å². The van der Waals surface area contributed by atoms with Gasteiger partial charge in [0.25, 0.3) is 5.91 Å². The van der Waals surface area contributed by atoms with Crippen LogP contribution in [0.25, 0.3) is 0 Å². The molecule has 0 aliphatic heterocycles. The predicted octanol–water partition coefficient (Wildman–Crippen LogP) is 2.09. The highest BCUT2D eigenvalue weighted by atomic mass is 79.9. The number of phenols is 1. The summed E-state index contributed by atoms with van der Waals surface area (Å²) in [5.74, 6) is -1.31. The highest BCUT2D eigenvalue weighted by molar-refractivity contribution is 9.10. The second kappa shape index (κ2) is 6.39. The molecule has 6 heteroatoms.